The molecule has 1 aromatic heterocycles. The third-order valence-corrected chi connectivity index (χ3v) is 4.95. The van der Waals surface area contributed by atoms with Crippen molar-refractivity contribution in [3.8, 4) is 0 Å². The van der Waals surface area contributed by atoms with E-state index in [1.165, 1.54) is 29.2 Å². The van der Waals surface area contributed by atoms with E-state index in [0.717, 1.165) is 4.68 Å². The molecule has 0 radical (unpaired) electrons. The van der Waals surface area contributed by atoms with Crippen LogP contribution < -0.4 is 5.32 Å². The zero-order valence-electron chi connectivity index (χ0n) is 16.2. The Kier molecular flexibility index (Phi) is 5.61. The lowest BCUT2D eigenvalue weighted by atomic mass is 10.0. The van der Waals surface area contributed by atoms with Gasteiger partial charge in [-0.2, -0.15) is 5.10 Å². The van der Waals surface area contributed by atoms with E-state index < -0.39 is 28.7 Å². The first-order chi connectivity index (χ1) is 13.6. The van der Waals surface area contributed by atoms with Crippen LogP contribution in [0.5, 0.6) is 0 Å². The number of hydrogen-bond donors (Lipinski definition) is 1. The molecule has 0 atom stereocenters. The highest BCUT2D eigenvalue weighted by Crippen LogP contribution is 2.42. The number of aromatic nitrogens is 2. The SMILES string of the molecule is CCOC(=O)n1nc2c(c1NC(=O)Cc1ccc(F)cc1)CN(C(=O)Cl)C2(C)C. The maximum atomic E-state index is 13.1. The van der Waals surface area contributed by atoms with Gasteiger partial charge in [-0.25, -0.2) is 9.18 Å². The fourth-order valence-corrected chi connectivity index (χ4v) is 3.54. The van der Waals surface area contributed by atoms with Crippen LogP contribution in [0.25, 0.3) is 0 Å². The monoisotopic (exact) mass is 422 g/mol. The molecule has 0 saturated heterocycles. The van der Waals surface area contributed by atoms with Gasteiger partial charge in [-0.3, -0.25) is 9.59 Å². The smallest absolute Gasteiger partial charge is 0.436 e. The molecule has 0 unspecified atom stereocenters. The molecule has 1 aliphatic heterocycles. The molecule has 0 bridgehead atoms. The molecule has 0 saturated carbocycles. The van der Waals surface area contributed by atoms with Crippen molar-refractivity contribution in [3.63, 3.8) is 0 Å². The van der Waals surface area contributed by atoms with Crippen molar-refractivity contribution in [1.29, 1.82) is 0 Å². The number of ether oxygens (including phenoxy) is 1. The van der Waals surface area contributed by atoms with E-state index >= 15 is 0 Å². The summed E-state index contributed by atoms with van der Waals surface area (Å²) in [5.41, 5.74) is 0.671. The number of amides is 2. The van der Waals surface area contributed by atoms with E-state index in [0.29, 0.717) is 16.8 Å². The highest BCUT2D eigenvalue weighted by molar-refractivity contribution is 6.62. The molecular weight excluding hydrogens is 403 g/mol. The van der Waals surface area contributed by atoms with Gasteiger partial charge in [-0.1, -0.05) is 12.1 Å². The van der Waals surface area contributed by atoms with Crippen LogP contribution in [0.15, 0.2) is 24.3 Å². The maximum absolute atomic E-state index is 13.1. The molecule has 2 aromatic rings. The first kappa shape index (κ1) is 20.8. The van der Waals surface area contributed by atoms with Crippen LogP contribution in [-0.2, 0) is 28.0 Å². The van der Waals surface area contributed by atoms with Crippen molar-refractivity contribution in [3.05, 3.63) is 46.9 Å². The Labute approximate surface area is 171 Å². The molecule has 29 heavy (non-hydrogen) atoms. The van der Waals surface area contributed by atoms with E-state index in [9.17, 15) is 18.8 Å². The standard InChI is InChI=1S/C19H20ClFN4O4/c1-4-29-18(28)25-16(22-14(26)9-11-5-7-12(21)8-6-11)13-10-24(17(20)27)19(2,3)15(13)23-25/h5-8H,4,9-10H2,1-3H3,(H,22,26). The summed E-state index contributed by atoms with van der Waals surface area (Å²) in [6, 6.07) is 5.52. The number of nitrogens with zero attached hydrogens (tertiary/aromatic N) is 3. The van der Waals surface area contributed by atoms with Gasteiger partial charge < -0.3 is 15.0 Å². The molecule has 0 spiro atoms. The fourth-order valence-electron chi connectivity index (χ4n) is 3.27. The summed E-state index contributed by atoms with van der Waals surface area (Å²) < 4.78 is 19.1. The van der Waals surface area contributed by atoms with Crippen LogP contribution in [-0.4, -0.2) is 38.7 Å². The van der Waals surface area contributed by atoms with E-state index in [4.69, 9.17) is 16.3 Å². The largest absolute Gasteiger partial charge is 0.448 e. The van der Waals surface area contributed by atoms with Gasteiger partial charge in [0.25, 0.3) is 0 Å². The Bertz CT molecular complexity index is 971. The lowest BCUT2D eigenvalue weighted by molar-refractivity contribution is -0.115. The zero-order valence-corrected chi connectivity index (χ0v) is 16.9. The first-order valence-corrected chi connectivity index (χ1v) is 9.33. The van der Waals surface area contributed by atoms with Gasteiger partial charge in [-0.05, 0) is 50.1 Å². The van der Waals surface area contributed by atoms with Crippen LogP contribution in [0.2, 0.25) is 0 Å². The molecule has 1 aromatic carbocycles. The van der Waals surface area contributed by atoms with Crippen molar-refractivity contribution in [2.45, 2.75) is 39.3 Å². The molecule has 10 heteroatoms. The summed E-state index contributed by atoms with van der Waals surface area (Å²) in [5, 5.41) is 6.30. The zero-order chi connectivity index (χ0) is 21.3. The minimum absolute atomic E-state index is 0.0371. The van der Waals surface area contributed by atoms with Gasteiger partial charge in [0, 0.05) is 5.56 Å². The van der Waals surface area contributed by atoms with Crippen LogP contribution in [0, 0.1) is 5.82 Å². The summed E-state index contributed by atoms with van der Waals surface area (Å²) in [4.78, 5) is 38.1. The fraction of sp³-hybridized carbons (Fsp3) is 0.368. The Hall–Kier alpha value is -2.94. The van der Waals surface area contributed by atoms with Gasteiger partial charge >= 0.3 is 11.5 Å². The van der Waals surface area contributed by atoms with Crippen molar-refractivity contribution < 1.29 is 23.5 Å². The molecule has 0 aliphatic carbocycles. The van der Waals surface area contributed by atoms with Gasteiger partial charge in [0.1, 0.15) is 11.6 Å². The van der Waals surface area contributed by atoms with E-state index in [-0.39, 0.29) is 25.4 Å². The second-order valence-corrected chi connectivity index (χ2v) is 7.36. The number of carbonyl (C=O) groups is 3. The van der Waals surface area contributed by atoms with E-state index in [1.54, 1.807) is 20.8 Å². The second-order valence-electron chi connectivity index (χ2n) is 7.04. The Morgan fingerprint density at radius 2 is 1.93 bits per heavy atom. The number of rotatable bonds is 4. The molecular formula is C19H20ClFN4O4. The van der Waals surface area contributed by atoms with Crippen molar-refractivity contribution in [2.75, 3.05) is 11.9 Å². The minimum Gasteiger partial charge on any atom is -0.448 e. The van der Waals surface area contributed by atoms with Crippen LogP contribution in [0.4, 0.5) is 19.8 Å². The minimum atomic E-state index is -0.873. The number of carbonyl (C=O) groups excluding carboxylic acids is 3. The Balaban J connectivity index is 1.94. The number of nitrogens with one attached hydrogen (secondary N) is 1. The Morgan fingerprint density at radius 1 is 1.28 bits per heavy atom. The molecule has 2 amide bonds. The molecule has 3 rings (SSSR count). The summed E-state index contributed by atoms with van der Waals surface area (Å²) in [6.45, 7) is 5.34. The lowest BCUT2D eigenvalue weighted by Crippen LogP contribution is -2.38. The number of anilines is 1. The predicted molar refractivity (Wildman–Crippen MR) is 103 cm³/mol. The quantitative estimate of drug-likeness (QED) is 0.600. The van der Waals surface area contributed by atoms with E-state index in [2.05, 4.69) is 10.4 Å². The molecule has 154 valence electrons. The molecule has 0 fully saturated rings. The summed E-state index contributed by atoms with van der Waals surface area (Å²) in [7, 11) is 0. The average Bonchev–Trinajstić information content (AvgIpc) is 3.12. The topological polar surface area (TPSA) is 93.5 Å². The predicted octanol–water partition coefficient (Wildman–Crippen LogP) is 3.62. The highest BCUT2D eigenvalue weighted by atomic mass is 35.5. The highest BCUT2D eigenvalue weighted by Gasteiger charge is 2.45. The second kappa shape index (κ2) is 7.82. The summed E-state index contributed by atoms with van der Waals surface area (Å²) in [6.07, 6.45) is -0.788. The average molecular weight is 423 g/mol. The third-order valence-electron chi connectivity index (χ3n) is 4.74. The van der Waals surface area contributed by atoms with E-state index in [1.807, 2.05) is 0 Å². The lowest BCUT2D eigenvalue weighted by Gasteiger charge is -2.29. The van der Waals surface area contributed by atoms with Crippen LogP contribution in [0.3, 0.4) is 0 Å². The van der Waals surface area contributed by atoms with Gasteiger partial charge in [0.15, 0.2) is 0 Å². The van der Waals surface area contributed by atoms with Gasteiger partial charge in [0.05, 0.1) is 30.8 Å². The van der Waals surface area contributed by atoms with Gasteiger partial charge in [-0.15, -0.1) is 4.68 Å². The van der Waals surface area contributed by atoms with Gasteiger partial charge in [0.2, 0.25) is 5.91 Å². The third kappa shape index (κ3) is 3.95. The molecule has 2 heterocycles. The van der Waals surface area contributed by atoms with Crippen molar-refractivity contribution >= 4 is 34.8 Å². The first-order valence-electron chi connectivity index (χ1n) is 8.96. The summed E-state index contributed by atoms with van der Waals surface area (Å²) in [5.74, 6) is -0.710. The Morgan fingerprint density at radius 3 is 2.52 bits per heavy atom. The number of benzene rings is 1. The molecule has 1 N–H and O–H groups in total. The maximum Gasteiger partial charge on any atom is 0.436 e. The molecule has 1 aliphatic rings. The van der Waals surface area contributed by atoms with Crippen LogP contribution >= 0.6 is 11.6 Å². The van der Waals surface area contributed by atoms with Crippen LogP contribution in [0.1, 0.15) is 37.6 Å². The molecule has 8 nitrogen and oxygen atoms in total. The number of fused-ring (bicyclic) bond motifs is 1. The number of halogens is 2. The van der Waals surface area contributed by atoms with Crippen molar-refractivity contribution in [2.24, 2.45) is 0 Å². The number of hydrogen-bond acceptors (Lipinski definition) is 5. The van der Waals surface area contributed by atoms with Crippen molar-refractivity contribution in [1.82, 2.24) is 14.7 Å². The normalized spacial score (nSPS) is 14.4. The summed E-state index contributed by atoms with van der Waals surface area (Å²) >= 11 is 5.69.